The number of carbonyl (C=O) groups excluding carboxylic acids is 1. The predicted molar refractivity (Wildman–Crippen MR) is 90.6 cm³/mol. The lowest BCUT2D eigenvalue weighted by Crippen LogP contribution is -2.08. The van der Waals surface area contributed by atoms with Crippen molar-refractivity contribution in [1.82, 2.24) is 9.78 Å². The number of aryl methyl sites for hydroxylation is 1. The monoisotopic (exact) mass is 327 g/mol. The van der Waals surface area contributed by atoms with Gasteiger partial charge in [-0.3, -0.25) is 9.48 Å². The number of thiophene rings is 1. The van der Waals surface area contributed by atoms with Gasteiger partial charge < -0.3 is 5.32 Å². The highest BCUT2D eigenvalue weighted by molar-refractivity contribution is 7.16. The first-order chi connectivity index (χ1) is 11.1. The van der Waals surface area contributed by atoms with Gasteiger partial charge in [-0.1, -0.05) is 18.2 Å². The molecule has 0 unspecified atom stereocenters. The van der Waals surface area contributed by atoms with E-state index in [1.54, 1.807) is 48.3 Å². The smallest absolute Gasteiger partial charge is 0.249 e. The Kier molecular flexibility index (Phi) is 4.34. The van der Waals surface area contributed by atoms with E-state index in [0.29, 0.717) is 11.4 Å². The summed E-state index contributed by atoms with van der Waals surface area (Å²) in [6, 6.07) is 12.1. The Hall–Kier alpha value is -2.73. The summed E-state index contributed by atoms with van der Waals surface area (Å²) >= 11 is 1.43. The molecule has 4 nitrogen and oxygen atoms in total. The number of aromatic nitrogens is 2. The summed E-state index contributed by atoms with van der Waals surface area (Å²) in [5.74, 6) is -0.0114. The van der Waals surface area contributed by atoms with Crippen molar-refractivity contribution in [1.29, 1.82) is 0 Å². The minimum Gasteiger partial charge on any atom is -0.306 e. The maximum atomic E-state index is 13.8. The molecule has 0 aliphatic rings. The molecule has 116 valence electrons. The SMILES string of the molecule is Cn1ccc(NC(=O)C=Cc2ccc(-c3ccccc3F)s2)n1. The Labute approximate surface area is 136 Å². The Balaban J connectivity index is 1.69. The van der Waals surface area contributed by atoms with E-state index in [1.165, 1.54) is 23.5 Å². The zero-order valence-electron chi connectivity index (χ0n) is 12.4. The minimum absolute atomic E-state index is 0.252. The highest BCUT2D eigenvalue weighted by atomic mass is 32.1. The van der Waals surface area contributed by atoms with E-state index >= 15 is 0 Å². The fourth-order valence-electron chi connectivity index (χ4n) is 2.06. The molecule has 1 N–H and O–H groups in total. The van der Waals surface area contributed by atoms with Crippen molar-refractivity contribution in [2.45, 2.75) is 0 Å². The van der Waals surface area contributed by atoms with E-state index in [-0.39, 0.29) is 11.7 Å². The number of nitrogens with one attached hydrogen (secondary N) is 1. The van der Waals surface area contributed by atoms with Gasteiger partial charge in [0.15, 0.2) is 5.82 Å². The van der Waals surface area contributed by atoms with Crippen LogP contribution in [-0.2, 0) is 11.8 Å². The van der Waals surface area contributed by atoms with E-state index in [0.717, 1.165) is 9.75 Å². The average molecular weight is 327 g/mol. The molecule has 0 atom stereocenters. The highest BCUT2D eigenvalue weighted by Crippen LogP contribution is 2.30. The van der Waals surface area contributed by atoms with Gasteiger partial charge in [0.2, 0.25) is 5.91 Å². The van der Waals surface area contributed by atoms with Crippen molar-refractivity contribution in [2.24, 2.45) is 7.05 Å². The van der Waals surface area contributed by atoms with Crippen LogP contribution in [0.4, 0.5) is 10.2 Å². The number of nitrogens with zero attached hydrogens (tertiary/aromatic N) is 2. The largest absolute Gasteiger partial charge is 0.306 e. The second-order valence-electron chi connectivity index (χ2n) is 4.88. The van der Waals surface area contributed by atoms with Crippen LogP contribution in [0.1, 0.15) is 4.88 Å². The van der Waals surface area contributed by atoms with Crippen LogP contribution in [0.2, 0.25) is 0 Å². The number of anilines is 1. The molecule has 2 aromatic heterocycles. The third-order valence-electron chi connectivity index (χ3n) is 3.13. The first kappa shape index (κ1) is 15.2. The molecule has 0 spiro atoms. The third kappa shape index (κ3) is 3.73. The molecule has 2 heterocycles. The molecule has 23 heavy (non-hydrogen) atoms. The number of amides is 1. The number of halogens is 1. The number of hydrogen-bond donors (Lipinski definition) is 1. The van der Waals surface area contributed by atoms with Crippen LogP contribution in [0.15, 0.2) is 54.7 Å². The lowest BCUT2D eigenvalue weighted by Gasteiger charge is -1.98. The Morgan fingerprint density at radius 2 is 2.09 bits per heavy atom. The maximum Gasteiger partial charge on any atom is 0.249 e. The number of benzene rings is 1. The molecule has 1 amide bonds. The fourth-order valence-corrected chi connectivity index (χ4v) is 2.99. The Morgan fingerprint density at radius 3 is 2.83 bits per heavy atom. The standard InChI is InChI=1S/C17H14FN3OS/c1-21-11-10-16(20-21)19-17(22)9-7-12-6-8-15(23-12)13-4-2-3-5-14(13)18/h2-11H,1H3,(H,19,20,22). The molecule has 3 aromatic rings. The number of rotatable bonds is 4. The molecule has 0 aliphatic carbocycles. The van der Waals surface area contributed by atoms with Crippen LogP contribution in [0.5, 0.6) is 0 Å². The summed E-state index contributed by atoms with van der Waals surface area (Å²) in [7, 11) is 1.78. The van der Waals surface area contributed by atoms with Crippen molar-refractivity contribution in [3.8, 4) is 10.4 Å². The summed E-state index contributed by atoms with van der Waals surface area (Å²) < 4.78 is 15.4. The summed E-state index contributed by atoms with van der Waals surface area (Å²) in [5, 5.41) is 6.74. The van der Waals surface area contributed by atoms with E-state index < -0.39 is 0 Å². The van der Waals surface area contributed by atoms with Crippen molar-refractivity contribution < 1.29 is 9.18 Å². The lowest BCUT2D eigenvalue weighted by molar-refractivity contribution is -0.111. The summed E-state index contributed by atoms with van der Waals surface area (Å²) in [6.07, 6.45) is 4.89. The molecule has 0 aliphatic heterocycles. The molecular weight excluding hydrogens is 313 g/mol. The topological polar surface area (TPSA) is 46.9 Å². The van der Waals surface area contributed by atoms with E-state index in [9.17, 15) is 9.18 Å². The molecule has 0 saturated heterocycles. The zero-order valence-corrected chi connectivity index (χ0v) is 13.2. The zero-order chi connectivity index (χ0) is 16.2. The summed E-state index contributed by atoms with van der Waals surface area (Å²) in [6.45, 7) is 0. The van der Waals surface area contributed by atoms with Crippen molar-refractivity contribution in [3.05, 3.63) is 65.4 Å². The maximum absolute atomic E-state index is 13.8. The molecule has 0 radical (unpaired) electrons. The first-order valence-corrected chi connectivity index (χ1v) is 7.77. The van der Waals surface area contributed by atoms with Gasteiger partial charge in [0.25, 0.3) is 0 Å². The van der Waals surface area contributed by atoms with Crippen molar-refractivity contribution in [2.75, 3.05) is 5.32 Å². The highest BCUT2D eigenvalue weighted by Gasteiger charge is 2.06. The fraction of sp³-hybridized carbons (Fsp3) is 0.0588. The van der Waals surface area contributed by atoms with Gasteiger partial charge in [-0.05, 0) is 24.3 Å². The molecule has 3 rings (SSSR count). The first-order valence-electron chi connectivity index (χ1n) is 6.95. The molecule has 1 aromatic carbocycles. The van der Waals surface area contributed by atoms with E-state index in [4.69, 9.17) is 0 Å². The van der Waals surface area contributed by atoms with E-state index in [1.807, 2.05) is 12.1 Å². The van der Waals surface area contributed by atoms with Gasteiger partial charge >= 0.3 is 0 Å². The lowest BCUT2D eigenvalue weighted by atomic mass is 10.2. The molecule has 0 fully saturated rings. The number of hydrogen-bond acceptors (Lipinski definition) is 3. The number of carbonyl (C=O) groups is 1. The van der Waals surface area contributed by atoms with Crippen LogP contribution in [0.3, 0.4) is 0 Å². The Bertz CT molecular complexity index is 866. The van der Waals surface area contributed by atoms with Crippen LogP contribution < -0.4 is 5.32 Å². The van der Waals surface area contributed by atoms with E-state index in [2.05, 4.69) is 10.4 Å². The average Bonchev–Trinajstić information content (AvgIpc) is 3.15. The quantitative estimate of drug-likeness (QED) is 0.738. The summed E-state index contributed by atoms with van der Waals surface area (Å²) in [5.41, 5.74) is 0.565. The van der Waals surface area contributed by atoms with Gasteiger partial charge in [0.1, 0.15) is 5.82 Å². The van der Waals surface area contributed by atoms with Gasteiger partial charge in [-0.2, -0.15) is 5.10 Å². The predicted octanol–water partition coefficient (Wildman–Crippen LogP) is 3.94. The van der Waals surface area contributed by atoms with Crippen LogP contribution in [-0.4, -0.2) is 15.7 Å². The minimum atomic E-state index is -0.260. The third-order valence-corrected chi connectivity index (χ3v) is 4.21. The van der Waals surface area contributed by atoms with Crippen LogP contribution in [0.25, 0.3) is 16.5 Å². The van der Waals surface area contributed by atoms with Crippen LogP contribution >= 0.6 is 11.3 Å². The second kappa shape index (κ2) is 6.58. The molecule has 0 saturated carbocycles. The normalized spacial score (nSPS) is 11.0. The summed E-state index contributed by atoms with van der Waals surface area (Å²) in [4.78, 5) is 13.5. The Morgan fingerprint density at radius 1 is 1.26 bits per heavy atom. The van der Waals surface area contributed by atoms with Crippen molar-refractivity contribution >= 4 is 29.1 Å². The van der Waals surface area contributed by atoms with Gasteiger partial charge in [0.05, 0.1) is 0 Å². The van der Waals surface area contributed by atoms with Gasteiger partial charge in [-0.15, -0.1) is 11.3 Å². The van der Waals surface area contributed by atoms with Crippen LogP contribution in [0, 0.1) is 5.82 Å². The van der Waals surface area contributed by atoms with Gasteiger partial charge in [-0.25, -0.2) is 4.39 Å². The molecular formula is C17H14FN3OS. The van der Waals surface area contributed by atoms with Crippen molar-refractivity contribution in [3.63, 3.8) is 0 Å². The molecule has 6 heteroatoms. The second-order valence-corrected chi connectivity index (χ2v) is 5.99. The van der Waals surface area contributed by atoms with Gasteiger partial charge in [0, 0.05) is 40.7 Å². The molecule has 0 bridgehead atoms.